The Hall–Kier alpha value is -1.81. The van der Waals surface area contributed by atoms with Gasteiger partial charge in [0.15, 0.2) is 5.96 Å². The molecule has 3 rings (SSSR count). The van der Waals surface area contributed by atoms with Crippen molar-refractivity contribution in [1.29, 1.82) is 0 Å². The van der Waals surface area contributed by atoms with E-state index in [-0.39, 0.29) is 24.0 Å². The molecule has 1 saturated heterocycles. The first-order valence-electron chi connectivity index (χ1n) is 11.1. The Bertz CT molecular complexity index is 761. The number of hydrogen-bond donors (Lipinski definition) is 2. The summed E-state index contributed by atoms with van der Waals surface area (Å²) < 4.78 is 10.8. The third-order valence-corrected chi connectivity index (χ3v) is 5.20. The van der Waals surface area contributed by atoms with Crippen molar-refractivity contribution < 1.29 is 9.15 Å². The fourth-order valence-electron chi connectivity index (χ4n) is 3.56. The second-order valence-electron chi connectivity index (χ2n) is 7.58. The van der Waals surface area contributed by atoms with Gasteiger partial charge in [-0.25, -0.2) is 4.98 Å². The SMILES string of the molecule is CCOCCCN=C(NCCc1ccco1)NC1CCN(c2cccc(C)n2)CC1.I. The van der Waals surface area contributed by atoms with E-state index in [9.17, 15) is 0 Å². The quantitative estimate of drug-likeness (QED) is 0.207. The average Bonchev–Trinajstić information content (AvgIpc) is 3.27. The number of guanidine groups is 1. The molecule has 1 aliphatic rings. The van der Waals surface area contributed by atoms with Crippen molar-refractivity contribution in [2.75, 3.05) is 44.3 Å². The molecule has 0 aromatic carbocycles. The molecule has 1 aliphatic heterocycles. The number of halogens is 1. The zero-order chi connectivity index (χ0) is 21.0. The molecule has 0 saturated carbocycles. The summed E-state index contributed by atoms with van der Waals surface area (Å²) in [6, 6.07) is 10.6. The number of anilines is 1. The monoisotopic (exact) mass is 541 g/mol. The number of ether oxygens (including phenoxy) is 1. The lowest BCUT2D eigenvalue weighted by Gasteiger charge is -2.34. The Balaban J connectivity index is 0.00000341. The lowest BCUT2D eigenvalue weighted by molar-refractivity contribution is 0.146. The van der Waals surface area contributed by atoms with Crippen LogP contribution < -0.4 is 15.5 Å². The molecule has 2 aromatic rings. The van der Waals surface area contributed by atoms with Gasteiger partial charge in [-0.3, -0.25) is 4.99 Å². The topological polar surface area (TPSA) is 74.9 Å². The van der Waals surface area contributed by atoms with Crippen molar-refractivity contribution in [2.24, 2.45) is 4.99 Å². The van der Waals surface area contributed by atoms with Crippen LogP contribution in [0.4, 0.5) is 5.82 Å². The second kappa shape index (κ2) is 14.3. The fourth-order valence-corrected chi connectivity index (χ4v) is 3.56. The number of aryl methyl sites for hydroxylation is 1. The van der Waals surface area contributed by atoms with Gasteiger partial charge in [-0.05, 0) is 57.4 Å². The first-order valence-corrected chi connectivity index (χ1v) is 11.1. The highest BCUT2D eigenvalue weighted by atomic mass is 127. The van der Waals surface area contributed by atoms with Gasteiger partial charge < -0.3 is 24.7 Å². The van der Waals surface area contributed by atoms with Crippen molar-refractivity contribution in [2.45, 2.75) is 45.6 Å². The maximum atomic E-state index is 5.42. The van der Waals surface area contributed by atoms with Gasteiger partial charge in [-0.15, -0.1) is 24.0 Å². The number of aliphatic imine (C=N–C) groups is 1. The molecule has 1 fully saturated rings. The summed E-state index contributed by atoms with van der Waals surface area (Å²) in [5.74, 6) is 2.94. The summed E-state index contributed by atoms with van der Waals surface area (Å²) in [6.07, 6.45) is 5.61. The van der Waals surface area contributed by atoms with E-state index in [1.54, 1.807) is 6.26 Å². The summed E-state index contributed by atoms with van der Waals surface area (Å²) in [7, 11) is 0. The number of pyridine rings is 1. The van der Waals surface area contributed by atoms with Gasteiger partial charge in [0.1, 0.15) is 11.6 Å². The van der Waals surface area contributed by atoms with E-state index < -0.39 is 0 Å². The van der Waals surface area contributed by atoms with Crippen LogP contribution in [-0.2, 0) is 11.2 Å². The summed E-state index contributed by atoms with van der Waals surface area (Å²) in [5, 5.41) is 7.09. The van der Waals surface area contributed by atoms with Crippen LogP contribution in [0.2, 0.25) is 0 Å². The van der Waals surface area contributed by atoms with Crippen molar-refractivity contribution in [1.82, 2.24) is 15.6 Å². The van der Waals surface area contributed by atoms with E-state index in [2.05, 4.69) is 32.7 Å². The highest BCUT2D eigenvalue weighted by Gasteiger charge is 2.21. The van der Waals surface area contributed by atoms with Crippen molar-refractivity contribution >= 4 is 35.8 Å². The van der Waals surface area contributed by atoms with E-state index >= 15 is 0 Å². The van der Waals surface area contributed by atoms with Crippen LogP contribution in [0.5, 0.6) is 0 Å². The van der Waals surface area contributed by atoms with E-state index in [0.717, 1.165) is 88.3 Å². The molecule has 3 heterocycles. The first kappa shape index (κ1) is 25.5. The third kappa shape index (κ3) is 9.06. The Labute approximate surface area is 203 Å². The molecule has 0 spiro atoms. The number of nitrogens with one attached hydrogen (secondary N) is 2. The van der Waals surface area contributed by atoms with Gasteiger partial charge in [0.25, 0.3) is 0 Å². The minimum atomic E-state index is 0. The van der Waals surface area contributed by atoms with Gasteiger partial charge in [-0.1, -0.05) is 6.07 Å². The molecular weight excluding hydrogens is 505 g/mol. The molecule has 2 aromatic heterocycles. The van der Waals surface area contributed by atoms with E-state index in [0.29, 0.717) is 6.04 Å². The molecule has 0 unspecified atom stereocenters. The maximum Gasteiger partial charge on any atom is 0.191 e. The molecule has 0 atom stereocenters. The van der Waals surface area contributed by atoms with Gasteiger partial charge in [0.2, 0.25) is 0 Å². The van der Waals surface area contributed by atoms with E-state index in [1.165, 1.54) is 0 Å². The number of rotatable bonds is 10. The molecule has 7 nitrogen and oxygen atoms in total. The smallest absolute Gasteiger partial charge is 0.191 e. The van der Waals surface area contributed by atoms with Crippen LogP contribution in [0.3, 0.4) is 0 Å². The average molecular weight is 541 g/mol. The molecule has 0 bridgehead atoms. The summed E-state index contributed by atoms with van der Waals surface area (Å²) >= 11 is 0. The van der Waals surface area contributed by atoms with Crippen molar-refractivity contribution in [3.63, 3.8) is 0 Å². The maximum absolute atomic E-state index is 5.42. The van der Waals surface area contributed by atoms with E-state index in [1.807, 2.05) is 32.0 Å². The third-order valence-electron chi connectivity index (χ3n) is 5.20. The van der Waals surface area contributed by atoms with Crippen LogP contribution in [0.1, 0.15) is 37.6 Å². The van der Waals surface area contributed by atoms with Crippen LogP contribution in [0.25, 0.3) is 0 Å². The Kier molecular flexibility index (Phi) is 11.7. The normalized spacial score (nSPS) is 14.9. The van der Waals surface area contributed by atoms with Crippen LogP contribution in [-0.4, -0.2) is 56.4 Å². The summed E-state index contributed by atoms with van der Waals surface area (Å²) in [4.78, 5) is 11.8. The largest absolute Gasteiger partial charge is 0.469 e. The number of aromatic nitrogens is 1. The standard InChI is InChI=1S/C23H35N5O2.HI/c1-3-29-17-6-13-24-23(25-14-10-21-8-5-18-30-21)27-20-11-15-28(16-12-20)22-9-4-7-19(2)26-22;/h4-5,7-9,18,20H,3,6,10-17H2,1-2H3,(H2,24,25,27);1H. The highest BCUT2D eigenvalue weighted by molar-refractivity contribution is 14.0. The Morgan fingerprint density at radius 3 is 2.81 bits per heavy atom. The molecule has 0 aliphatic carbocycles. The Morgan fingerprint density at radius 1 is 1.26 bits per heavy atom. The zero-order valence-corrected chi connectivity index (χ0v) is 21.0. The number of nitrogens with zero attached hydrogens (tertiary/aromatic N) is 3. The molecule has 31 heavy (non-hydrogen) atoms. The summed E-state index contributed by atoms with van der Waals surface area (Å²) in [5.41, 5.74) is 1.06. The van der Waals surface area contributed by atoms with Crippen molar-refractivity contribution in [3.05, 3.63) is 48.0 Å². The molecule has 172 valence electrons. The van der Waals surface area contributed by atoms with Crippen LogP contribution in [0, 0.1) is 6.92 Å². The fraction of sp³-hybridized carbons (Fsp3) is 0.565. The number of piperidine rings is 1. The molecular formula is C23H36IN5O2. The molecule has 0 amide bonds. The minimum absolute atomic E-state index is 0. The lowest BCUT2D eigenvalue weighted by atomic mass is 10.1. The van der Waals surface area contributed by atoms with E-state index in [4.69, 9.17) is 14.1 Å². The zero-order valence-electron chi connectivity index (χ0n) is 18.7. The van der Waals surface area contributed by atoms with Crippen LogP contribution in [0.15, 0.2) is 46.0 Å². The molecule has 2 N–H and O–H groups in total. The first-order chi connectivity index (χ1) is 14.7. The summed E-state index contributed by atoms with van der Waals surface area (Å²) in [6.45, 7) is 9.10. The minimum Gasteiger partial charge on any atom is -0.469 e. The molecule has 8 heteroatoms. The van der Waals surface area contributed by atoms with Crippen molar-refractivity contribution in [3.8, 4) is 0 Å². The number of hydrogen-bond acceptors (Lipinski definition) is 5. The predicted octanol–water partition coefficient (Wildman–Crippen LogP) is 3.77. The van der Waals surface area contributed by atoms with Gasteiger partial charge in [-0.2, -0.15) is 0 Å². The van der Waals surface area contributed by atoms with Gasteiger partial charge >= 0.3 is 0 Å². The number of furan rings is 1. The highest BCUT2D eigenvalue weighted by Crippen LogP contribution is 2.18. The molecule has 0 radical (unpaired) electrons. The Morgan fingerprint density at radius 2 is 2.10 bits per heavy atom. The van der Waals surface area contributed by atoms with Crippen LogP contribution >= 0.6 is 24.0 Å². The van der Waals surface area contributed by atoms with Gasteiger partial charge in [0.05, 0.1) is 6.26 Å². The lowest BCUT2D eigenvalue weighted by Crippen LogP contribution is -2.49. The predicted molar refractivity (Wildman–Crippen MR) is 137 cm³/mol. The second-order valence-corrected chi connectivity index (χ2v) is 7.58. The van der Waals surface area contributed by atoms with Gasteiger partial charge in [0, 0.05) is 57.5 Å².